The molecule has 5 rings (SSSR count). The molecule has 1 aliphatic rings. The van der Waals surface area contributed by atoms with Crippen molar-refractivity contribution in [1.29, 1.82) is 0 Å². The number of anilines is 2. The molecule has 2 aromatic carbocycles. The van der Waals surface area contributed by atoms with Crippen molar-refractivity contribution >= 4 is 17.4 Å². The van der Waals surface area contributed by atoms with E-state index in [1.807, 2.05) is 0 Å². The fraction of sp³-hybridized carbons (Fsp3) is 0.179. The van der Waals surface area contributed by atoms with Gasteiger partial charge < -0.3 is 10.4 Å². The van der Waals surface area contributed by atoms with Gasteiger partial charge in [0.05, 0.1) is 18.2 Å². The molecular formula is C28H22F4N4O2. The van der Waals surface area contributed by atoms with E-state index in [1.165, 1.54) is 29.4 Å². The first-order chi connectivity index (χ1) is 18.3. The SMILES string of the molecule is O=C(c1c(F)ccc2c1CCN2)N(CC(O)c1cccnc1)c1cc(Cc2cc(F)c(F)c(F)c2)ccn1. The lowest BCUT2D eigenvalue weighted by Crippen LogP contribution is -2.36. The maximum Gasteiger partial charge on any atom is 0.262 e. The molecule has 2 aromatic heterocycles. The van der Waals surface area contributed by atoms with Crippen LogP contribution in [0, 0.1) is 23.3 Å². The topological polar surface area (TPSA) is 78.4 Å². The lowest BCUT2D eigenvalue weighted by atomic mass is 10.0. The van der Waals surface area contributed by atoms with E-state index < -0.39 is 35.3 Å². The third-order valence-electron chi connectivity index (χ3n) is 6.37. The lowest BCUT2D eigenvalue weighted by molar-refractivity contribution is 0.0956. The summed E-state index contributed by atoms with van der Waals surface area (Å²) < 4.78 is 55.9. The van der Waals surface area contributed by atoms with E-state index >= 15 is 4.39 Å². The first kappa shape index (κ1) is 25.3. The van der Waals surface area contributed by atoms with Crippen molar-refractivity contribution in [2.75, 3.05) is 23.3 Å². The number of nitrogens with zero attached hydrogens (tertiary/aromatic N) is 3. The van der Waals surface area contributed by atoms with Crippen LogP contribution in [0.2, 0.25) is 0 Å². The molecule has 0 fully saturated rings. The molecule has 0 bridgehead atoms. The minimum Gasteiger partial charge on any atom is -0.386 e. The van der Waals surface area contributed by atoms with Crippen LogP contribution < -0.4 is 10.2 Å². The van der Waals surface area contributed by atoms with Crippen molar-refractivity contribution in [1.82, 2.24) is 9.97 Å². The number of halogens is 4. The van der Waals surface area contributed by atoms with Gasteiger partial charge in [-0.3, -0.25) is 14.7 Å². The van der Waals surface area contributed by atoms with Crippen molar-refractivity contribution in [3.8, 4) is 0 Å². The highest BCUT2D eigenvalue weighted by Crippen LogP contribution is 2.31. The third-order valence-corrected chi connectivity index (χ3v) is 6.37. The van der Waals surface area contributed by atoms with Crippen LogP contribution in [-0.2, 0) is 12.8 Å². The van der Waals surface area contributed by atoms with Gasteiger partial charge in [-0.25, -0.2) is 22.5 Å². The number of amides is 1. The van der Waals surface area contributed by atoms with E-state index in [-0.39, 0.29) is 29.9 Å². The molecule has 10 heteroatoms. The Morgan fingerprint density at radius 3 is 2.53 bits per heavy atom. The van der Waals surface area contributed by atoms with Crippen molar-refractivity contribution in [3.05, 3.63) is 118 Å². The van der Waals surface area contributed by atoms with Crippen LogP contribution in [0.5, 0.6) is 0 Å². The molecule has 194 valence electrons. The summed E-state index contributed by atoms with van der Waals surface area (Å²) in [6, 6.07) is 10.9. The number of carbonyl (C=O) groups is 1. The zero-order chi connectivity index (χ0) is 26.8. The summed E-state index contributed by atoms with van der Waals surface area (Å²) in [4.78, 5) is 23.3. The van der Waals surface area contributed by atoms with E-state index in [2.05, 4.69) is 15.3 Å². The van der Waals surface area contributed by atoms with Crippen LogP contribution in [0.25, 0.3) is 0 Å². The van der Waals surface area contributed by atoms with Gasteiger partial charge in [0.2, 0.25) is 0 Å². The molecule has 4 aromatic rings. The van der Waals surface area contributed by atoms with Crippen molar-refractivity contribution in [2.24, 2.45) is 0 Å². The van der Waals surface area contributed by atoms with Crippen LogP contribution in [0.3, 0.4) is 0 Å². The number of aromatic nitrogens is 2. The highest BCUT2D eigenvalue weighted by atomic mass is 19.2. The first-order valence-corrected chi connectivity index (χ1v) is 11.8. The van der Waals surface area contributed by atoms with Crippen LogP contribution >= 0.6 is 0 Å². The van der Waals surface area contributed by atoms with Gasteiger partial charge in [-0.1, -0.05) is 6.07 Å². The summed E-state index contributed by atoms with van der Waals surface area (Å²) in [6.45, 7) is 0.285. The first-order valence-electron chi connectivity index (χ1n) is 11.8. The Bertz CT molecular complexity index is 1480. The second-order valence-corrected chi connectivity index (χ2v) is 8.92. The maximum absolute atomic E-state index is 15.0. The molecule has 1 unspecified atom stereocenters. The Kier molecular flexibility index (Phi) is 7.06. The molecule has 3 heterocycles. The fourth-order valence-electron chi connectivity index (χ4n) is 4.53. The molecule has 0 radical (unpaired) electrons. The highest BCUT2D eigenvalue weighted by Gasteiger charge is 2.30. The molecule has 0 saturated heterocycles. The Morgan fingerprint density at radius 2 is 1.79 bits per heavy atom. The van der Waals surface area contributed by atoms with Crippen LogP contribution in [-0.4, -0.2) is 34.1 Å². The predicted molar refractivity (Wildman–Crippen MR) is 133 cm³/mol. The molecule has 1 amide bonds. The number of aliphatic hydroxyl groups excluding tert-OH is 1. The number of carbonyl (C=O) groups excluding carboxylic acids is 1. The molecule has 2 N–H and O–H groups in total. The third kappa shape index (κ3) is 5.08. The van der Waals surface area contributed by atoms with E-state index in [9.17, 15) is 23.1 Å². The van der Waals surface area contributed by atoms with Gasteiger partial charge in [0.1, 0.15) is 11.6 Å². The molecule has 6 nitrogen and oxygen atoms in total. The molecule has 1 atom stereocenters. The standard InChI is InChI=1S/C28H22F4N4O2/c29-20-3-4-23-19(6-9-34-23)26(20)28(38)36(15-24(37)18-2-1-7-33-14-18)25-13-16(5-8-35-25)10-17-11-21(30)27(32)22(31)12-17/h1-5,7-8,11-14,24,34,37H,6,9-10,15H2. The Labute approximate surface area is 215 Å². The number of hydrogen-bond acceptors (Lipinski definition) is 5. The molecule has 1 aliphatic heterocycles. The number of rotatable bonds is 7. The van der Waals surface area contributed by atoms with Crippen molar-refractivity contribution in [3.63, 3.8) is 0 Å². The summed E-state index contributed by atoms with van der Waals surface area (Å²) in [5.74, 6) is -5.49. The monoisotopic (exact) mass is 522 g/mol. The highest BCUT2D eigenvalue weighted by molar-refractivity contribution is 6.08. The van der Waals surface area contributed by atoms with Gasteiger partial charge in [-0.15, -0.1) is 0 Å². The maximum atomic E-state index is 15.0. The van der Waals surface area contributed by atoms with Gasteiger partial charge in [-0.2, -0.15) is 0 Å². The summed E-state index contributed by atoms with van der Waals surface area (Å²) in [5.41, 5.74) is 2.19. The van der Waals surface area contributed by atoms with E-state index in [4.69, 9.17) is 0 Å². The molecule has 0 spiro atoms. The largest absolute Gasteiger partial charge is 0.386 e. The second kappa shape index (κ2) is 10.6. The minimum atomic E-state index is -1.56. The number of nitrogens with one attached hydrogen (secondary N) is 1. The number of fused-ring (bicyclic) bond motifs is 1. The van der Waals surface area contributed by atoms with Crippen LogP contribution in [0.1, 0.15) is 38.7 Å². The molecule has 0 aliphatic carbocycles. The van der Waals surface area contributed by atoms with Gasteiger partial charge in [0.25, 0.3) is 5.91 Å². The number of pyridine rings is 2. The summed E-state index contributed by atoms with van der Waals surface area (Å²) >= 11 is 0. The summed E-state index contributed by atoms with van der Waals surface area (Å²) in [6.07, 6.45) is 3.68. The molecular weight excluding hydrogens is 500 g/mol. The smallest absolute Gasteiger partial charge is 0.262 e. The van der Waals surface area contributed by atoms with E-state index in [0.717, 1.165) is 12.1 Å². The predicted octanol–water partition coefficient (Wildman–Crippen LogP) is 4.97. The lowest BCUT2D eigenvalue weighted by Gasteiger charge is -2.26. The second-order valence-electron chi connectivity index (χ2n) is 8.92. The number of benzene rings is 2. The van der Waals surface area contributed by atoms with Gasteiger partial charge >= 0.3 is 0 Å². The fourth-order valence-corrected chi connectivity index (χ4v) is 4.53. The molecule has 38 heavy (non-hydrogen) atoms. The van der Waals surface area contributed by atoms with Gasteiger partial charge in [0.15, 0.2) is 17.5 Å². The quantitative estimate of drug-likeness (QED) is 0.265. The average molecular weight is 523 g/mol. The normalized spacial score (nSPS) is 13.1. The van der Waals surface area contributed by atoms with Crippen LogP contribution in [0.15, 0.2) is 67.1 Å². The van der Waals surface area contributed by atoms with E-state index in [0.29, 0.717) is 35.3 Å². The van der Waals surface area contributed by atoms with Crippen molar-refractivity contribution < 1.29 is 27.5 Å². The zero-order valence-electron chi connectivity index (χ0n) is 20.0. The van der Waals surface area contributed by atoms with Gasteiger partial charge in [0, 0.05) is 36.4 Å². The minimum absolute atomic E-state index is 0.00977. The summed E-state index contributed by atoms with van der Waals surface area (Å²) in [5, 5.41) is 14.0. The zero-order valence-corrected chi connectivity index (χ0v) is 20.0. The Morgan fingerprint density at radius 1 is 1.00 bits per heavy atom. The van der Waals surface area contributed by atoms with Gasteiger partial charge in [-0.05, 0) is 72.0 Å². The summed E-state index contributed by atoms with van der Waals surface area (Å²) in [7, 11) is 0. The number of hydrogen-bond donors (Lipinski definition) is 2. The Hall–Kier alpha value is -4.31. The number of aliphatic hydroxyl groups is 1. The van der Waals surface area contributed by atoms with E-state index in [1.54, 1.807) is 30.5 Å². The Balaban J connectivity index is 1.53. The van der Waals surface area contributed by atoms with Crippen LogP contribution in [0.4, 0.5) is 29.1 Å². The average Bonchev–Trinajstić information content (AvgIpc) is 3.39. The van der Waals surface area contributed by atoms with Crippen molar-refractivity contribution in [2.45, 2.75) is 18.9 Å². The molecule has 0 saturated carbocycles.